The lowest BCUT2D eigenvalue weighted by molar-refractivity contribution is 0.335. The molecule has 4 nitrogen and oxygen atoms in total. The predicted octanol–water partition coefficient (Wildman–Crippen LogP) is 3.76. The molecule has 0 aliphatic carbocycles. The van der Waals surface area contributed by atoms with E-state index in [1.54, 1.807) is 6.20 Å². The molecule has 0 bridgehead atoms. The van der Waals surface area contributed by atoms with Gasteiger partial charge in [-0.2, -0.15) is 0 Å². The third kappa shape index (κ3) is 2.71. The van der Waals surface area contributed by atoms with Crippen LogP contribution in [0.15, 0.2) is 12.3 Å². The highest BCUT2D eigenvalue weighted by atomic mass is 35.5. The summed E-state index contributed by atoms with van der Waals surface area (Å²) in [4.78, 5) is 9.21. The smallest absolute Gasteiger partial charge is 0.179 e. The van der Waals surface area contributed by atoms with E-state index >= 15 is 0 Å². The molecule has 0 amide bonds. The number of rotatable bonds is 3. The second-order valence-electron chi connectivity index (χ2n) is 5.78. The number of hydrogen-bond acceptors (Lipinski definition) is 3. The van der Waals surface area contributed by atoms with Crippen LogP contribution in [-0.4, -0.2) is 32.6 Å². The number of nitrogens with zero attached hydrogens (tertiary/aromatic N) is 4. The van der Waals surface area contributed by atoms with E-state index in [9.17, 15) is 0 Å². The quantitative estimate of drug-likeness (QED) is 0.805. The summed E-state index contributed by atoms with van der Waals surface area (Å²) in [6.07, 6.45) is 6.07. The number of pyridine rings is 1. The van der Waals surface area contributed by atoms with Crippen molar-refractivity contribution in [3.63, 3.8) is 0 Å². The maximum atomic E-state index is 6.05. The molecule has 1 aliphatic rings. The molecule has 1 fully saturated rings. The molecule has 2 aromatic rings. The van der Waals surface area contributed by atoms with Gasteiger partial charge in [-0.1, -0.05) is 11.6 Å². The van der Waals surface area contributed by atoms with Crippen LogP contribution in [0.5, 0.6) is 0 Å². The van der Waals surface area contributed by atoms with Crippen LogP contribution in [0, 0.1) is 0 Å². The van der Waals surface area contributed by atoms with Gasteiger partial charge in [0, 0.05) is 30.6 Å². The SMILES string of the molecule is CC1CCCC(C)N1n1c(CCCl)nc2cc(Cl)cnc21. The van der Waals surface area contributed by atoms with Gasteiger partial charge in [0.25, 0.3) is 0 Å². The Morgan fingerprint density at radius 1 is 1.29 bits per heavy atom. The highest BCUT2D eigenvalue weighted by molar-refractivity contribution is 6.31. The van der Waals surface area contributed by atoms with Gasteiger partial charge in [-0.05, 0) is 39.2 Å². The van der Waals surface area contributed by atoms with Crippen LogP contribution < -0.4 is 5.01 Å². The van der Waals surface area contributed by atoms with Gasteiger partial charge >= 0.3 is 0 Å². The highest BCUT2D eigenvalue weighted by Crippen LogP contribution is 2.26. The first-order valence-corrected chi connectivity index (χ1v) is 8.40. The third-order valence-corrected chi connectivity index (χ3v) is 4.60. The molecule has 1 aliphatic heterocycles. The van der Waals surface area contributed by atoms with Gasteiger partial charge in [0.15, 0.2) is 5.65 Å². The van der Waals surface area contributed by atoms with Gasteiger partial charge in [0.05, 0.1) is 5.02 Å². The Morgan fingerprint density at radius 2 is 2.00 bits per heavy atom. The maximum Gasteiger partial charge on any atom is 0.179 e. The fourth-order valence-electron chi connectivity index (χ4n) is 3.27. The van der Waals surface area contributed by atoms with Crippen LogP contribution in [0.4, 0.5) is 0 Å². The van der Waals surface area contributed by atoms with Crippen LogP contribution in [0.3, 0.4) is 0 Å². The Bertz CT molecular complexity index is 630. The van der Waals surface area contributed by atoms with Crippen molar-refractivity contribution in [2.75, 3.05) is 10.9 Å². The molecule has 3 rings (SSSR count). The van der Waals surface area contributed by atoms with E-state index in [1.165, 1.54) is 19.3 Å². The molecule has 3 heterocycles. The van der Waals surface area contributed by atoms with Crippen LogP contribution in [-0.2, 0) is 6.42 Å². The molecule has 0 N–H and O–H groups in total. The molecular formula is C15H20Cl2N4. The van der Waals surface area contributed by atoms with Gasteiger partial charge in [0.2, 0.25) is 0 Å². The fraction of sp³-hybridized carbons (Fsp3) is 0.600. The van der Waals surface area contributed by atoms with Crippen molar-refractivity contribution >= 4 is 34.4 Å². The summed E-state index contributed by atoms with van der Waals surface area (Å²) in [5.74, 6) is 1.52. The van der Waals surface area contributed by atoms with E-state index in [0.717, 1.165) is 23.4 Å². The van der Waals surface area contributed by atoms with Gasteiger partial charge in [-0.15, -0.1) is 11.6 Å². The van der Waals surface area contributed by atoms with E-state index in [4.69, 9.17) is 28.2 Å². The summed E-state index contributed by atoms with van der Waals surface area (Å²) in [6.45, 7) is 4.53. The molecule has 114 valence electrons. The molecule has 6 heteroatoms. The lowest BCUT2D eigenvalue weighted by Gasteiger charge is -2.41. The third-order valence-electron chi connectivity index (χ3n) is 4.20. The topological polar surface area (TPSA) is 34.0 Å². The number of imidazole rings is 1. The van der Waals surface area contributed by atoms with E-state index in [1.807, 2.05) is 6.07 Å². The Hall–Kier alpha value is -1.00. The molecule has 2 aromatic heterocycles. The van der Waals surface area contributed by atoms with Crippen LogP contribution in [0.2, 0.25) is 5.02 Å². The number of alkyl halides is 1. The first-order chi connectivity index (χ1) is 10.1. The van der Waals surface area contributed by atoms with Crippen molar-refractivity contribution in [1.82, 2.24) is 14.6 Å². The van der Waals surface area contributed by atoms with Crippen molar-refractivity contribution in [2.24, 2.45) is 0 Å². The lowest BCUT2D eigenvalue weighted by atomic mass is 10.00. The minimum Gasteiger partial charge on any atom is -0.304 e. The van der Waals surface area contributed by atoms with E-state index < -0.39 is 0 Å². The minimum absolute atomic E-state index is 0.470. The van der Waals surface area contributed by atoms with Crippen molar-refractivity contribution in [1.29, 1.82) is 0 Å². The number of fused-ring (bicyclic) bond motifs is 1. The molecule has 2 unspecified atom stereocenters. The van der Waals surface area contributed by atoms with Crippen molar-refractivity contribution in [3.8, 4) is 0 Å². The number of piperidine rings is 1. The van der Waals surface area contributed by atoms with Gasteiger partial charge in [-0.3, -0.25) is 0 Å². The summed E-state index contributed by atoms with van der Waals surface area (Å²) >= 11 is 12.0. The Morgan fingerprint density at radius 3 is 2.67 bits per heavy atom. The lowest BCUT2D eigenvalue weighted by Crippen LogP contribution is -2.51. The largest absolute Gasteiger partial charge is 0.304 e. The van der Waals surface area contributed by atoms with E-state index in [2.05, 4.69) is 28.5 Å². The predicted molar refractivity (Wildman–Crippen MR) is 88.0 cm³/mol. The average Bonchev–Trinajstić information content (AvgIpc) is 2.77. The van der Waals surface area contributed by atoms with Crippen molar-refractivity contribution < 1.29 is 0 Å². The molecule has 0 spiro atoms. The standard InChI is InChI=1S/C15H20Cl2N4/c1-10-4-3-5-11(2)20(10)21-14(6-7-16)19-13-8-12(17)9-18-15(13)21/h8-11H,3-7H2,1-2H3. The normalized spacial score (nSPS) is 23.0. The first kappa shape index (κ1) is 14.9. The number of halogens is 2. The molecule has 1 saturated heterocycles. The molecule has 0 aromatic carbocycles. The number of hydrogen-bond donors (Lipinski definition) is 0. The van der Waals surface area contributed by atoms with Gasteiger partial charge < -0.3 is 5.01 Å². The molecule has 21 heavy (non-hydrogen) atoms. The van der Waals surface area contributed by atoms with Gasteiger partial charge in [-0.25, -0.2) is 14.6 Å². The zero-order chi connectivity index (χ0) is 15.0. The fourth-order valence-corrected chi connectivity index (χ4v) is 3.59. The second-order valence-corrected chi connectivity index (χ2v) is 6.60. The Balaban J connectivity index is 2.16. The van der Waals surface area contributed by atoms with Crippen molar-refractivity contribution in [3.05, 3.63) is 23.1 Å². The maximum absolute atomic E-state index is 6.05. The molecular weight excluding hydrogens is 307 g/mol. The minimum atomic E-state index is 0.470. The van der Waals surface area contributed by atoms with Crippen LogP contribution in [0.25, 0.3) is 11.2 Å². The molecule has 0 radical (unpaired) electrons. The Labute approximate surface area is 135 Å². The second kappa shape index (κ2) is 6.01. The van der Waals surface area contributed by atoms with Gasteiger partial charge in [0.1, 0.15) is 11.3 Å². The number of aromatic nitrogens is 3. The van der Waals surface area contributed by atoms with Crippen molar-refractivity contribution in [2.45, 2.75) is 51.6 Å². The zero-order valence-corrected chi connectivity index (χ0v) is 13.9. The highest BCUT2D eigenvalue weighted by Gasteiger charge is 2.28. The summed E-state index contributed by atoms with van der Waals surface area (Å²) in [5, 5.41) is 3.02. The summed E-state index contributed by atoms with van der Waals surface area (Å²) in [6, 6.07) is 2.81. The molecule has 0 saturated carbocycles. The summed E-state index contributed by atoms with van der Waals surface area (Å²) in [7, 11) is 0. The average molecular weight is 327 g/mol. The van der Waals surface area contributed by atoms with E-state index in [0.29, 0.717) is 23.0 Å². The zero-order valence-electron chi connectivity index (χ0n) is 12.4. The summed E-state index contributed by atoms with van der Waals surface area (Å²) in [5.41, 5.74) is 1.72. The molecule has 2 atom stereocenters. The van der Waals surface area contributed by atoms with Crippen LogP contribution >= 0.6 is 23.2 Å². The monoisotopic (exact) mass is 326 g/mol. The Kier molecular flexibility index (Phi) is 4.27. The summed E-state index contributed by atoms with van der Waals surface area (Å²) < 4.78 is 2.17. The van der Waals surface area contributed by atoms with E-state index in [-0.39, 0.29) is 0 Å². The van der Waals surface area contributed by atoms with Crippen LogP contribution in [0.1, 0.15) is 38.9 Å². The first-order valence-electron chi connectivity index (χ1n) is 7.49. The number of aryl methyl sites for hydroxylation is 1.